The number of para-hydroxylation sites is 1. The summed E-state index contributed by atoms with van der Waals surface area (Å²) in [6.45, 7) is 3.05. The molecule has 1 aromatic carbocycles. The molecule has 1 N–H and O–H groups in total. The van der Waals surface area contributed by atoms with Gasteiger partial charge in [0.25, 0.3) is 0 Å². The Bertz CT molecular complexity index is 657. The van der Waals surface area contributed by atoms with Gasteiger partial charge in [-0.15, -0.1) is 11.8 Å². The topological polar surface area (TPSA) is 60.7 Å². The van der Waals surface area contributed by atoms with Crippen molar-refractivity contribution < 1.29 is 18.7 Å². The van der Waals surface area contributed by atoms with Gasteiger partial charge in [-0.2, -0.15) is 0 Å². The zero-order chi connectivity index (χ0) is 16.1. The van der Waals surface area contributed by atoms with Crippen molar-refractivity contribution in [1.29, 1.82) is 0 Å². The summed E-state index contributed by atoms with van der Waals surface area (Å²) in [5.74, 6) is 3.41. The highest BCUT2D eigenvalue weighted by atomic mass is 32.2. The molecule has 3 rings (SSSR count). The number of furan rings is 1. The molecule has 2 aromatic rings. The molecule has 0 spiro atoms. The van der Waals surface area contributed by atoms with Crippen molar-refractivity contribution >= 4 is 17.7 Å². The Morgan fingerprint density at radius 1 is 1.26 bits per heavy atom. The lowest BCUT2D eigenvalue weighted by Crippen LogP contribution is -2.28. The van der Waals surface area contributed by atoms with Gasteiger partial charge in [-0.25, -0.2) is 0 Å². The maximum Gasteiger partial charge on any atom is 0.230 e. The Kier molecular flexibility index (Phi) is 5.12. The molecule has 0 radical (unpaired) electrons. The first-order chi connectivity index (χ1) is 11.2. The molecule has 0 saturated carbocycles. The third-order valence-electron chi connectivity index (χ3n) is 3.49. The molecule has 0 bridgehead atoms. The summed E-state index contributed by atoms with van der Waals surface area (Å²) in [6, 6.07) is 9.39. The van der Waals surface area contributed by atoms with Crippen LogP contribution < -0.4 is 14.8 Å². The van der Waals surface area contributed by atoms with Gasteiger partial charge in [-0.1, -0.05) is 12.1 Å². The van der Waals surface area contributed by atoms with E-state index in [2.05, 4.69) is 5.32 Å². The Morgan fingerprint density at radius 2 is 2.13 bits per heavy atom. The Balaban J connectivity index is 1.49. The summed E-state index contributed by atoms with van der Waals surface area (Å²) < 4.78 is 16.5. The lowest BCUT2D eigenvalue weighted by molar-refractivity contribution is -0.119. The van der Waals surface area contributed by atoms with Gasteiger partial charge in [-0.05, 0) is 25.1 Å². The van der Waals surface area contributed by atoms with E-state index >= 15 is 0 Å². The Hall–Kier alpha value is -2.08. The van der Waals surface area contributed by atoms with Crippen LogP contribution in [0.5, 0.6) is 11.5 Å². The standard InChI is InChI=1S/C17H19NO4S/c1-12(14-6-3-7-20-14)18-16(19)11-23-10-13-4-2-5-15-17(13)22-9-8-21-15/h2-7,12H,8-11H2,1H3,(H,18,19)/t12-/m1/s1. The minimum Gasteiger partial charge on any atom is -0.486 e. The minimum absolute atomic E-state index is 0.0131. The van der Waals surface area contributed by atoms with Crippen molar-refractivity contribution in [2.24, 2.45) is 0 Å². The number of nitrogens with one attached hydrogen (secondary N) is 1. The van der Waals surface area contributed by atoms with Crippen LogP contribution in [-0.4, -0.2) is 24.9 Å². The molecule has 23 heavy (non-hydrogen) atoms. The number of carbonyl (C=O) groups is 1. The van der Waals surface area contributed by atoms with Crippen LogP contribution in [0.2, 0.25) is 0 Å². The largest absolute Gasteiger partial charge is 0.486 e. The molecule has 1 aromatic heterocycles. The van der Waals surface area contributed by atoms with Crippen LogP contribution in [0.4, 0.5) is 0 Å². The maximum atomic E-state index is 12.0. The van der Waals surface area contributed by atoms with Gasteiger partial charge >= 0.3 is 0 Å². The number of fused-ring (bicyclic) bond motifs is 1. The van der Waals surface area contributed by atoms with Crippen molar-refractivity contribution in [2.75, 3.05) is 19.0 Å². The fraction of sp³-hybridized carbons (Fsp3) is 0.353. The molecule has 122 valence electrons. The molecule has 0 fully saturated rings. The maximum absolute atomic E-state index is 12.0. The predicted octanol–water partition coefficient (Wildman–Crippen LogP) is 3.16. The van der Waals surface area contributed by atoms with E-state index in [1.54, 1.807) is 18.0 Å². The third kappa shape index (κ3) is 4.01. The van der Waals surface area contributed by atoms with E-state index in [4.69, 9.17) is 13.9 Å². The summed E-state index contributed by atoms with van der Waals surface area (Å²) in [7, 11) is 0. The second-order valence-electron chi connectivity index (χ2n) is 5.24. The highest BCUT2D eigenvalue weighted by Crippen LogP contribution is 2.35. The lowest BCUT2D eigenvalue weighted by Gasteiger charge is -2.20. The zero-order valence-corrected chi connectivity index (χ0v) is 13.7. The van der Waals surface area contributed by atoms with E-state index in [0.29, 0.717) is 24.7 Å². The smallest absolute Gasteiger partial charge is 0.230 e. The molecule has 0 aliphatic carbocycles. The number of hydrogen-bond acceptors (Lipinski definition) is 5. The lowest BCUT2D eigenvalue weighted by atomic mass is 10.2. The predicted molar refractivity (Wildman–Crippen MR) is 88.9 cm³/mol. The second-order valence-corrected chi connectivity index (χ2v) is 6.22. The van der Waals surface area contributed by atoms with Crippen LogP contribution in [-0.2, 0) is 10.5 Å². The van der Waals surface area contributed by atoms with Crippen LogP contribution in [0.25, 0.3) is 0 Å². The van der Waals surface area contributed by atoms with E-state index in [1.165, 1.54) is 0 Å². The normalized spacial score (nSPS) is 14.3. The molecule has 1 aliphatic heterocycles. The van der Waals surface area contributed by atoms with Gasteiger partial charge in [0.15, 0.2) is 11.5 Å². The second kappa shape index (κ2) is 7.46. The van der Waals surface area contributed by atoms with Gasteiger partial charge in [0.05, 0.1) is 18.1 Å². The fourth-order valence-electron chi connectivity index (χ4n) is 2.39. The molecule has 1 aliphatic rings. The molecule has 6 heteroatoms. The quantitative estimate of drug-likeness (QED) is 0.880. The summed E-state index contributed by atoms with van der Waals surface area (Å²) in [5, 5.41) is 2.92. The van der Waals surface area contributed by atoms with E-state index < -0.39 is 0 Å². The number of hydrogen-bond donors (Lipinski definition) is 1. The summed E-state index contributed by atoms with van der Waals surface area (Å²) >= 11 is 1.55. The molecule has 2 heterocycles. The highest BCUT2D eigenvalue weighted by Gasteiger charge is 2.16. The summed E-state index contributed by atoms with van der Waals surface area (Å²) in [5.41, 5.74) is 1.05. The first-order valence-electron chi connectivity index (χ1n) is 7.52. The molecule has 1 amide bonds. The molecule has 0 unspecified atom stereocenters. The van der Waals surface area contributed by atoms with Crippen molar-refractivity contribution in [3.8, 4) is 11.5 Å². The first kappa shape index (κ1) is 15.8. The molecular weight excluding hydrogens is 314 g/mol. The number of carbonyl (C=O) groups excluding carboxylic acids is 1. The van der Waals surface area contributed by atoms with Crippen molar-refractivity contribution in [3.63, 3.8) is 0 Å². The summed E-state index contributed by atoms with van der Waals surface area (Å²) in [4.78, 5) is 12.0. The van der Waals surface area contributed by atoms with Crippen LogP contribution >= 0.6 is 11.8 Å². The number of ether oxygens (including phenoxy) is 2. The third-order valence-corrected chi connectivity index (χ3v) is 4.47. The van der Waals surface area contributed by atoms with Gasteiger partial charge in [-0.3, -0.25) is 4.79 Å². The van der Waals surface area contributed by atoms with Crippen LogP contribution in [0, 0.1) is 0 Å². The Labute approximate surface area is 139 Å². The average molecular weight is 333 g/mol. The number of thioether (sulfide) groups is 1. The first-order valence-corrected chi connectivity index (χ1v) is 8.67. The molecule has 5 nitrogen and oxygen atoms in total. The van der Waals surface area contributed by atoms with Gasteiger partial charge < -0.3 is 19.2 Å². The van der Waals surface area contributed by atoms with Crippen molar-refractivity contribution in [3.05, 3.63) is 47.9 Å². The van der Waals surface area contributed by atoms with Gasteiger partial charge in [0.2, 0.25) is 5.91 Å². The minimum atomic E-state index is -0.126. The van der Waals surface area contributed by atoms with E-state index in [1.807, 2.05) is 37.3 Å². The van der Waals surface area contributed by atoms with Crippen molar-refractivity contribution in [1.82, 2.24) is 5.32 Å². The van der Waals surface area contributed by atoms with Crippen LogP contribution in [0.3, 0.4) is 0 Å². The highest BCUT2D eigenvalue weighted by molar-refractivity contribution is 7.99. The summed E-state index contributed by atoms with van der Waals surface area (Å²) in [6.07, 6.45) is 1.60. The van der Waals surface area contributed by atoms with Crippen LogP contribution in [0.1, 0.15) is 24.3 Å². The SMILES string of the molecule is C[C@@H](NC(=O)CSCc1cccc2c1OCCO2)c1ccco1. The van der Waals surface area contributed by atoms with Crippen LogP contribution in [0.15, 0.2) is 41.0 Å². The molecular formula is C17H19NO4S. The zero-order valence-electron chi connectivity index (χ0n) is 12.9. The fourth-order valence-corrected chi connectivity index (χ4v) is 3.21. The van der Waals surface area contributed by atoms with E-state index in [9.17, 15) is 4.79 Å². The molecule has 0 saturated heterocycles. The average Bonchev–Trinajstić information content (AvgIpc) is 3.10. The van der Waals surface area contributed by atoms with Gasteiger partial charge in [0, 0.05) is 11.3 Å². The monoisotopic (exact) mass is 333 g/mol. The number of amides is 1. The van der Waals surface area contributed by atoms with E-state index in [-0.39, 0.29) is 11.9 Å². The number of benzene rings is 1. The number of rotatable bonds is 6. The van der Waals surface area contributed by atoms with E-state index in [0.717, 1.165) is 22.8 Å². The van der Waals surface area contributed by atoms with Crippen molar-refractivity contribution in [2.45, 2.75) is 18.7 Å². The van der Waals surface area contributed by atoms with Gasteiger partial charge in [0.1, 0.15) is 19.0 Å². The Morgan fingerprint density at radius 3 is 2.96 bits per heavy atom. The molecule has 1 atom stereocenters.